The molecule has 1 atom stereocenters. The van der Waals surface area contributed by atoms with E-state index in [0.29, 0.717) is 12.0 Å². The number of piperidine rings is 1. The molecular weight excluding hydrogens is 394 g/mol. The molecule has 1 aromatic carbocycles. The van der Waals surface area contributed by atoms with Crippen molar-refractivity contribution in [2.24, 2.45) is 0 Å². The number of hydrogen-bond donors (Lipinski definition) is 2. The Kier molecular flexibility index (Phi) is 5.24. The highest BCUT2D eigenvalue weighted by Gasteiger charge is 2.47. The Hall–Kier alpha value is -1.69. The van der Waals surface area contributed by atoms with Crippen molar-refractivity contribution < 1.29 is 0 Å². The van der Waals surface area contributed by atoms with E-state index in [0.717, 1.165) is 56.3 Å². The molecule has 0 bridgehead atoms. The summed E-state index contributed by atoms with van der Waals surface area (Å²) in [6.07, 6.45) is 6.26. The monoisotopic (exact) mass is 425 g/mol. The lowest BCUT2D eigenvalue weighted by atomic mass is 9.73. The topological polar surface area (TPSA) is 53.1 Å². The number of halogens is 1. The van der Waals surface area contributed by atoms with E-state index in [9.17, 15) is 0 Å². The second-order valence-electron chi connectivity index (χ2n) is 9.57. The fourth-order valence-corrected chi connectivity index (χ4v) is 5.94. The third-order valence-corrected chi connectivity index (χ3v) is 7.63. The summed E-state index contributed by atoms with van der Waals surface area (Å²) in [5.74, 6) is 1.63. The molecule has 2 aromatic rings. The summed E-state index contributed by atoms with van der Waals surface area (Å²) in [5.41, 5.74) is 6.72. The minimum atomic E-state index is 0.124. The molecule has 0 saturated carbocycles. The Morgan fingerprint density at radius 3 is 2.83 bits per heavy atom. The molecule has 1 saturated heterocycles. The van der Waals surface area contributed by atoms with Gasteiger partial charge in [0.25, 0.3) is 0 Å². The van der Waals surface area contributed by atoms with Crippen molar-refractivity contribution in [1.29, 1.82) is 0 Å². The quantitative estimate of drug-likeness (QED) is 0.757. The van der Waals surface area contributed by atoms with E-state index in [4.69, 9.17) is 16.6 Å². The third-order valence-electron chi connectivity index (χ3n) is 7.27. The van der Waals surface area contributed by atoms with Gasteiger partial charge in [-0.15, -0.1) is 0 Å². The van der Waals surface area contributed by atoms with Crippen LogP contribution in [0.2, 0.25) is 5.02 Å². The Morgan fingerprint density at radius 1 is 1.27 bits per heavy atom. The molecule has 2 N–H and O–H groups in total. The van der Waals surface area contributed by atoms with Crippen LogP contribution in [-0.4, -0.2) is 35.6 Å². The van der Waals surface area contributed by atoms with Crippen LogP contribution in [0.4, 0.5) is 11.5 Å². The van der Waals surface area contributed by atoms with Crippen LogP contribution in [0.3, 0.4) is 0 Å². The van der Waals surface area contributed by atoms with Crippen molar-refractivity contribution in [3.63, 3.8) is 0 Å². The van der Waals surface area contributed by atoms with E-state index in [-0.39, 0.29) is 5.41 Å². The van der Waals surface area contributed by atoms with Crippen LogP contribution < -0.4 is 15.5 Å². The minimum Gasteiger partial charge on any atom is -0.325 e. The molecule has 1 aromatic heterocycles. The van der Waals surface area contributed by atoms with E-state index in [1.54, 1.807) is 6.33 Å². The molecule has 30 heavy (non-hydrogen) atoms. The number of nitrogens with one attached hydrogen (secondary N) is 2. The first-order chi connectivity index (χ1) is 14.5. The summed E-state index contributed by atoms with van der Waals surface area (Å²) < 4.78 is 0. The van der Waals surface area contributed by atoms with Gasteiger partial charge in [-0.3, -0.25) is 0 Å². The van der Waals surface area contributed by atoms with Crippen LogP contribution in [0.25, 0.3) is 0 Å². The van der Waals surface area contributed by atoms with Crippen molar-refractivity contribution in [2.75, 3.05) is 24.5 Å². The van der Waals surface area contributed by atoms with Crippen LogP contribution >= 0.6 is 11.6 Å². The fraction of sp³-hybridized carbons (Fsp3) is 0.583. The highest BCUT2D eigenvalue weighted by Crippen LogP contribution is 2.53. The number of fused-ring (bicyclic) bond motifs is 3. The van der Waals surface area contributed by atoms with Gasteiger partial charge in [-0.05, 0) is 68.0 Å². The van der Waals surface area contributed by atoms with Crippen LogP contribution in [0.15, 0.2) is 18.5 Å². The summed E-state index contributed by atoms with van der Waals surface area (Å²) in [4.78, 5) is 11.9. The van der Waals surface area contributed by atoms with Gasteiger partial charge in [0.15, 0.2) is 0 Å². The number of benzene rings is 1. The molecule has 5 nitrogen and oxygen atoms in total. The summed E-state index contributed by atoms with van der Waals surface area (Å²) >= 11 is 6.80. The average Bonchev–Trinajstić information content (AvgIpc) is 3.27. The Bertz CT molecular complexity index is 951. The lowest BCUT2D eigenvalue weighted by molar-refractivity contribution is 0.326. The lowest BCUT2D eigenvalue weighted by Crippen LogP contribution is -2.43. The van der Waals surface area contributed by atoms with Crippen LogP contribution in [0.5, 0.6) is 0 Å². The van der Waals surface area contributed by atoms with Crippen molar-refractivity contribution in [1.82, 2.24) is 20.6 Å². The van der Waals surface area contributed by atoms with Gasteiger partial charge in [-0.1, -0.05) is 32.4 Å². The number of anilines is 2. The van der Waals surface area contributed by atoms with Gasteiger partial charge < -0.3 is 15.5 Å². The first-order valence-corrected chi connectivity index (χ1v) is 11.8. The number of aryl methyl sites for hydroxylation is 1. The molecule has 1 aliphatic carbocycles. The van der Waals surface area contributed by atoms with Gasteiger partial charge in [0.2, 0.25) is 0 Å². The Balaban J connectivity index is 1.66. The first kappa shape index (κ1) is 20.2. The zero-order chi connectivity index (χ0) is 20.9. The molecule has 3 heterocycles. The van der Waals surface area contributed by atoms with Crippen molar-refractivity contribution in [3.05, 3.63) is 45.9 Å². The first-order valence-electron chi connectivity index (χ1n) is 11.4. The molecule has 1 spiro atoms. The molecule has 5 rings (SSSR count). The highest BCUT2D eigenvalue weighted by atomic mass is 35.5. The predicted molar refractivity (Wildman–Crippen MR) is 123 cm³/mol. The molecule has 3 aliphatic rings. The van der Waals surface area contributed by atoms with Gasteiger partial charge >= 0.3 is 0 Å². The standard InChI is InChI=1S/C24H32ClN5/c1-15(2)27-12-17-18(25)5-7-20-22(17)24(8-10-26-11-9-24)13-30(20)23-21-16(3)4-6-19(21)28-14-29-23/h5,7,14-16,26-27H,4,6,8-13H2,1-3H3/t16-/m1/s1. The molecule has 2 aliphatic heterocycles. The van der Waals surface area contributed by atoms with Crippen LogP contribution in [0.1, 0.15) is 68.3 Å². The van der Waals surface area contributed by atoms with Crippen molar-refractivity contribution in [3.8, 4) is 0 Å². The molecule has 0 unspecified atom stereocenters. The average molecular weight is 426 g/mol. The fourth-order valence-electron chi connectivity index (χ4n) is 5.71. The predicted octanol–water partition coefficient (Wildman–Crippen LogP) is 4.45. The molecule has 0 radical (unpaired) electrons. The summed E-state index contributed by atoms with van der Waals surface area (Å²) in [7, 11) is 0. The van der Waals surface area contributed by atoms with E-state index < -0.39 is 0 Å². The molecule has 6 heteroatoms. The second kappa shape index (κ2) is 7.77. The van der Waals surface area contributed by atoms with Gasteiger partial charge in [-0.2, -0.15) is 0 Å². The largest absolute Gasteiger partial charge is 0.325 e. The third kappa shape index (κ3) is 3.22. The van der Waals surface area contributed by atoms with Gasteiger partial charge in [0, 0.05) is 46.5 Å². The van der Waals surface area contributed by atoms with E-state index >= 15 is 0 Å². The minimum absolute atomic E-state index is 0.124. The highest BCUT2D eigenvalue weighted by molar-refractivity contribution is 6.31. The maximum absolute atomic E-state index is 6.80. The molecular formula is C24H32ClN5. The van der Waals surface area contributed by atoms with Crippen molar-refractivity contribution >= 4 is 23.1 Å². The lowest BCUT2D eigenvalue weighted by Gasteiger charge is -2.36. The molecule has 160 valence electrons. The van der Waals surface area contributed by atoms with E-state index in [1.165, 1.54) is 34.5 Å². The van der Waals surface area contributed by atoms with Crippen molar-refractivity contribution in [2.45, 2.75) is 70.4 Å². The second-order valence-corrected chi connectivity index (χ2v) is 9.98. The Morgan fingerprint density at radius 2 is 2.07 bits per heavy atom. The SMILES string of the molecule is CC(C)NCc1c(Cl)ccc2c1C1(CCNCC1)CN2c1ncnc2c1[C@H](C)CC2. The molecule has 0 amide bonds. The molecule has 1 fully saturated rings. The van der Waals surface area contributed by atoms with Gasteiger partial charge in [-0.25, -0.2) is 9.97 Å². The number of rotatable bonds is 4. The summed E-state index contributed by atoms with van der Waals surface area (Å²) in [6, 6.07) is 4.72. The number of nitrogens with zero attached hydrogens (tertiary/aromatic N) is 3. The maximum Gasteiger partial charge on any atom is 0.140 e. The van der Waals surface area contributed by atoms with E-state index in [1.807, 2.05) is 0 Å². The zero-order valence-electron chi connectivity index (χ0n) is 18.3. The normalized spacial score (nSPS) is 22.0. The summed E-state index contributed by atoms with van der Waals surface area (Å²) in [6.45, 7) is 10.6. The number of hydrogen-bond acceptors (Lipinski definition) is 5. The Labute approximate surface area is 184 Å². The van der Waals surface area contributed by atoms with Gasteiger partial charge in [0.1, 0.15) is 12.1 Å². The van der Waals surface area contributed by atoms with Crippen LogP contribution in [0, 0.1) is 0 Å². The van der Waals surface area contributed by atoms with Gasteiger partial charge in [0.05, 0.1) is 0 Å². The maximum atomic E-state index is 6.80. The van der Waals surface area contributed by atoms with E-state index in [2.05, 4.69) is 53.4 Å². The smallest absolute Gasteiger partial charge is 0.140 e. The summed E-state index contributed by atoms with van der Waals surface area (Å²) in [5, 5.41) is 8.05. The zero-order valence-corrected chi connectivity index (χ0v) is 19.0. The number of aromatic nitrogens is 2. The van der Waals surface area contributed by atoms with Crippen LogP contribution in [-0.2, 0) is 18.4 Å².